The highest BCUT2D eigenvalue weighted by atomic mass is 35.5. The van der Waals surface area contributed by atoms with Crippen LogP contribution in [0.4, 0.5) is 0 Å². The molecule has 0 bridgehead atoms. The lowest BCUT2D eigenvalue weighted by molar-refractivity contribution is -0.117. The molecule has 8 nitrogen and oxygen atoms in total. The summed E-state index contributed by atoms with van der Waals surface area (Å²) in [5, 5.41) is 12.1. The van der Waals surface area contributed by atoms with E-state index in [0.29, 0.717) is 17.4 Å². The van der Waals surface area contributed by atoms with Gasteiger partial charge in [-0.15, -0.1) is 0 Å². The number of sulfonamides is 1. The number of carbonyl (C=O) groups excluding carboxylic acids is 1. The molecule has 0 aliphatic heterocycles. The first-order valence-electron chi connectivity index (χ1n) is 8.08. The first-order valence-corrected chi connectivity index (χ1v) is 9.94. The molecule has 1 heterocycles. The van der Waals surface area contributed by atoms with E-state index in [9.17, 15) is 13.2 Å². The van der Waals surface area contributed by atoms with Crippen LogP contribution in [0.15, 0.2) is 51.3 Å². The van der Waals surface area contributed by atoms with Gasteiger partial charge in [-0.3, -0.25) is 4.79 Å². The lowest BCUT2D eigenvalue weighted by Crippen LogP contribution is -2.27. The van der Waals surface area contributed by atoms with E-state index >= 15 is 0 Å². The van der Waals surface area contributed by atoms with Crippen molar-refractivity contribution in [1.82, 2.24) is 10.0 Å². The van der Waals surface area contributed by atoms with Gasteiger partial charge in [0.2, 0.25) is 10.0 Å². The number of furan rings is 1. The number of methoxy groups -OCH3 is 1. The summed E-state index contributed by atoms with van der Waals surface area (Å²) in [6.45, 7) is 0.494. The first-order chi connectivity index (χ1) is 13.4. The molecule has 2 aromatic rings. The van der Waals surface area contributed by atoms with Crippen LogP contribution >= 0.6 is 11.6 Å². The maximum atomic E-state index is 12.2. The number of hydrogen-bond acceptors (Lipinski definition) is 6. The number of hydrogen-bond donors (Lipinski definition) is 2. The predicted octanol–water partition coefficient (Wildman–Crippen LogP) is 2.08. The number of nitriles is 1. The molecule has 2 N–H and O–H groups in total. The highest BCUT2D eigenvalue weighted by Crippen LogP contribution is 2.16. The smallest absolute Gasteiger partial charge is 0.262 e. The lowest BCUT2D eigenvalue weighted by atomic mass is 10.2. The second kappa shape index (κ2) is 10.1. The van der Waals surface area contributed by atoms with Crippen molar-refractivity contribution in [2.24, 2.45) is 0 Å². The number of halogens is 1. The van der Waals surface area contributed by atoms with E-state index < -0.39 is 15.9 Å². The Kier molecular flexibility index (Phi) is 7.78. The normalized spacial score (nSPS) is 11.8. The molecule has 2 rings (SSSR count). The van der Waals surface area contributed by atoms with E-state index in [1.54, 1.807) is 12.1 Å². The Bertz CT molecular complexity index is 991. The monoisotopic (exact) mass is 423 g/mol. The van der Waals surface area contributed by atoms with Crippen LogP contribution in [-0.4, -0.2) is 34.6 Å². The third kappa shape index (κ3) is 6.21. The minimum Gasteiger partial charge on any atom is -0.460 e. The molecule has 1 amide bonds. The quantitative estimate of drug-likeness (QED) is 0.362. The Labute approximate surface area is 167 Å². The molecule has 0 aliphatic carbocycles. The van der Waals surface area contributed by atoms with Gasteiger partial charge in [-0.1, -0.05) is 11.6 Å². The van der Waals surface area contributed by atoms with Gasteiger partial charge in [-0.25, -0.2) is 13.1 Å². The van der Waals surface area contributed by atoms with Crippen LogP contribution in [0, 0.1) is 11.3 Å². The summed E-state index contributed by atoms with van der Waals surface area (Å²) in [5.74, 6) is 0.0148. The van der Waals surface area contributed by atoms with Crippen LogP contribution < -0.4 is 10.0 Å². The van der Waals surface area contributed by atoms with Gasteiger partial charge in [0.25, 0.3) is 5.91 Å². The topological polar surface area (TPSA) is 121 Å². The van der Waals surface area contributed by atoms with Crippen molar-refractivity contribution >= 4 is 33.6 Å². The third-order valence-electron chi connectivity index (χ3n) is 3.49. The van der Waals surface area contributed by atoms with Crippen molar-refractivity contribution in [3.05, 3.63) is 58.5 Å². The molecule has 1 aromatic heterocycles. The molecule has 0 spiro atoms. The molecule has 0 fully saturated rings. The number of ether oxygens (including phenoxy) is 1. The van der Waals surface area contributed by atoms with E-state index in [4.69, 9.17) is 26.0 Å². The Morgan fingerprint density at radius 2 is 2.00 bits per heavy atom. The van der Waals surface area contributed by atoms with E-state index in [-0.39, 0.29) is 29.3 Å². The Balaban J connectivity index is 2.02. The molecule has 0 saturated heterocycles. The number of amides is 1. The van der Waals surface area contributed by atoms with Gasteiger partial charge in [0.1, 0.15) is 23.2 Å². The zero-order chi connectivity index (χ0) is 20.6. The summed E-state index contributed by atoms with van der Waals surface area (Å²) in [6, 6.07) is 10.6. The number of benzene rings is 1. The standard InChI is InChI=1S/C18H18ClN3O5S/c1-26-9-8-21-18(23)13(11-20)10-15-4-5-16(27-15)12-22-28(24,25)17-6-2-14(19)3-7-17/h2-7,10,22H,8-9,12H2,1H3,(H,21,23)/b13-10-. The summed E-state index contributed by atoms with van der Waals surface area (Å²) in [4.78, 5) is 12.0. The number of carbonyl (C=O) groups is 1. The van der Waals surface area contributed by atoms with Gasteiger partial charge in [-0.2, -0.15) is 5.26 Å². The largest absolute Gasteiger partial charge is 0.460 e. The number of nitrogens with one attached hydrogen (secondary N) is 2. The average Bonchev–Trinajstić information content (AvgIpc) is 3.12. The van der Waals surface area contributed by atoms with Gasteiger partial charge >= 0.3 is 0 Å². The Morgan fingerprint density at radius 3 is 2.64 bits per heavy atom. The van der Waals surface area contributed by atoms with Crippen LogP contribution in [0.5, 0.6) is 0 Å². The van der Waals surface area contributed by atoms with Crippen LogP contribution in [0.3, 0.4) is 0 Å². The van der Waals surface area contributed by atoms with Crippen molar-refractivity contribution in [3.8, 4) is 6.07 Å². The molecule has 0 radical (unpaired) electrons. The fourth-order valence-corrected chi connectivity index (χ4v) is 3.20. The molecular formula is C18H18ClN3O5S. The lowest BCUT2D eigenvalue weighted by Gasteiger charge is -2.05. The van der Waals surface area contributed by atoms with Crippen LogP contribution in [0.2, 0.25) is 5.02 Å². The highest BCUT2D eigenvalue weighted by Gasteiger charge is 2.15. The molecule has 10 heteroatoms. The molecule has 1 aromatic carbocycles. The summed E-state index contributed by atoms with van der Waals surface area (Å²) in [5.41, 5.74) is -0.140. The summed E-state index contributed by atoms with van der Waals surface area (Å²) < 4.78 is 37.2. The van der Waals surface area contributed by atoms with Crippen LogP contribution in [0.25, 0.3) is 6.08 Å². The van der Waals surface area contributed by atoms with Crippen LogP contribution in [0.1, 0.15) is 11.5 Å². The minimum absolute atomic E-state index is 0.0723. The summed E-state index contributed by atoms with van der Waals surface area (Å²) in [6.07, 6.45) is 1.28. The van der Waals surface area contributed by atoms with Gasteiger partial charge in [0, 0.05) is 24.8 Å². The molecule has 148 valence electrons. The molecular weight excluding hydrogens is 406 g/mol. The summed E-state index contributed by atoms with van der Waals surface area (Å²) >= 11 is 5.76. The fourth-order valence-electron chi connectivity index (χ4n) is 2.08. The van der Waals surface area contributed by atoms with Gasteiger partial charge in [0.05, 0.1) is 18.0 Å². The molecule has 28 heavy (non-hydrogen) atoms. The van der Waals surface area contributed by atoms with E-state index in [2.05, 4.69) is 10.0 Å². The zero-order valence-electron chi connectivity index (χ0n) is 14.9. The second-order valence-corrected chi connectivity index (χ2v) is 7.70. The summed E-state index contributed by atoms with van der Waals surface area (Å²) in [7, 11) is -2.23. The van der Waals surface area contributed by atoms with Crippen molar-refractivity contribution in [3.63, 3.8) is 0 Å². The SMILES string of the molecule is COCCNC(=O)/C(C#N)=C\c1ccc(CNS(=O)(=O)c2ccc(Cl)cc2)o1. The second-order valence-electron chi connectivity index (χ2n) is 5.50. The van der Waals surface area contributed by atoms with Crippen molar-refractivity contribution in [2.75, 3.05) is 20.3 Å². The molecule has 0 aliphatic rings. The minimum atomic E-state index is -3.73. The maximum Gasteiger partial charge on any atom is 0.262 e. The predicted molar refractivity (Wildman–Crippen MR) is 103 cm³/mol. The van der Waals surface area contributed by atoms with E-state index in [0.717, 1.165) is 0 Å². The first kappa shape index (κ1) is 21.7. The zero-order valence-corrected chi connectivity index (χ0v) is 16.5. The maximum absolute atomic E-state index is 12.2. The molecule has 0 saturated carbocycles. The number of nitrogens with zero attached hydrogens (tertiary/aromatic N) is 1. The average molecular weight is 424 g/mol. The van der Waals surface area contributed by atoms with Gasteiger partial charge in [0.15, 0.2) is 0 Å². The van der Waals surface area contributed by atoms with Crippen LogP contribution in [-0.2, 0) is 26.1 Å². The highest BCUT2D eigenvalue weighted by molar-refractivity contribution is 7.89. The molecule has 0 unspecified atom stereocenters. The van der Waals surface area contributed by atoms with E-state index in [1.165, 1.54) is 43.5 Å². The van der Waals surface area contributed by atoms with Gasteiger partial charge < -0.3 is 14.5 Å². The Morgan fingerprint density at radius 1 is 1.29 bits per heavy atom. The third-order valence-corrected chi connectivity index (χ3v) is 5.16. The van der Waals surface area contributed by atoms with Crippen molar-refractivity contribution in [2.45, 2.75) is 11.4 Å². The number of rotatable bonds is 9. The fraction of sp³-hybridized carbons (Fsp3) is 0.222. The van der Waals surface area contributed by atoms with Crippen molar-refractivity contribution < 1.29 is 22.4 Å². The molecule has 0 atom stereocenters. The van der Waals surface area contributed by atoms with Gasteiger partial charge in [-0.05, 0) is 36.4 Å². The van der Waals surface area contributed by atoms with Crippen molar-refractivity contribution in [1.29, 1.82) is 5.26 Å². The Hall–Kier alpha value is -2.64. The van der Waals surface area contributed by atoms with E-state index in [1.807, 2.05) is 0 Å².